The van der Waals surface area contributed by atoms with Crippen LogP contribution in [0.4, 0.5) is 0 Å². The molecule has 0 bridgehead atoms. The van der Waals surface area contributed by atoms with Gasteiger partial charge in [0, 0.05) is 23.8 Å². The van der Waals surface area contributed by atoms with E-state index >= 15 is 0 Å². The van der Waals surface area contributed by atoms with Crippen LogP contribution in [-0.2, 0) is 4.79 Å². The summed E-state index contributed by atoms with van der Waals surface area (Å²) in [4.78, 5) is 11.6. The summed E-state index contributed by atoms with van der Waals surface area (Å²) in [5, 5.41) is 3.00. The number of nitrogens with one attached hydrogen (secondary N) is 1. The molecule has 0 aromatic rings. The van der Waals surface area contributed by atoms with Crippen LogP contribution in [0, 0.1) is 0 Å². The summed E-state index contributed by atoms with van der Waals surface area (Å²) in [6, 6.07) is -0.00747. The van der Waals surface area contributed by atoms with Gasteiger partial charge in [-0.1, -0.05) is 20.8 Å². The quantitative estimate of drug-likeness (QED) is 0.690. The Kier molecular flexibility index (Phi) is 7.85. The minimum absolute atomic E-state index is 0.00747. The number of carbonyl (C=O) groups excluding carboxylic acids is 1. The Morgan fingerprint density at radius 2 is 1.94 bits per heavy atom. The van der Waals surface area contributed by atoms with Crippen molar-refractivity contribution in [1.29, 1.82) is 0 Å². The lowest BCUT2D eigenvalue weighted by molar-refractivity contribution is -0.121. The van der Waals surface area contributed by atoms with Gasteiger partial charge in [-0.3, -0.25) is 4.79 Å². The van der Waals surface area contributed by atoms with E-state index in [9.17, 15) is 4.79 Å². The van der Waals surface area contributed by atoms with E-state index in [0.29, 0.717) is 6.42 Å². The first-order valence-corrected chi connectivity index (χ1v) is 7.33. The molecule has 1 amide bonds. The van der Waals surface area contributed by atoms with E-state index in [1.165, 1.54) is 0 Å². The van der Waals surface area contributed by atoms with Crippen molar-refractivity contribution in [2.75, 3.05) is 12.8 Å². The number of amides is 1. The lowest BCUT2D eigenvalue weighted by atomic mass is 10.0. The van der Waals surface area contributed by atoms with Crippen LogP contribution in [0.2, 0.25) is 0 Å². The van der Waals surface area contributed by atoms with Crippen molar-refractivity contribution in [1.82, 2.24) is 5.32 Å². The topological polar surface area (TPSA) is 55.1 Å². The molecule has 1 atom stereocenters. The maximum absolute atomic E-state index is 11.6. The molecule has 3 N–H and O–H groups in total. The maximum Gasteiger partial charge on any atom is 0.221 e. The summed E-state index contributed by atoms with van der Waals surface area (Å²) in [6.07, 6.45) is 5.55. The smallest absolute Gasteiger partial charge is 0.221 e. The molecule has 0 radical (unpaired) electrons. The van der Waals surface area contributed by atoms with E-state index < -0.39 is 0 Å². The third-order valence-corrected chi connectivity index (χ3v) is 4.89. The molecule has 0 aromatic carbocycles. The molecule has 0 fully saturated rings. The third-order valence-electron chi connectivity index (χ3n) is 3.30. The first-order valence-electron chi connectivity index (χ1n) is 6.11. The summed E-state index contributed by atoms with van der Waals surface area (Å²) in [5.74, 6) is 0.0784. The van der Waals surface area contributed by atoms with Gasteiger partial charge in [-0.15, -0.1) is 0 Å². The number of thioether (sulfide) groups is 1. The summed E-state index contributed by atoms with van der Waals surface area (Å²) in [6.45, 7) is 7.09. The van der Waals surface area contributed by atoms with Gasteiger partial charge in [-0.05, 0) is 25.5 Å². The highest BCUT2D eigenvalue weighted by Gasteiger charge is 2.25. The second-order valence-electron chi connectivity index (χ2n) is 4.24. The van der Waals surface area contributed by atoms with Crippen molar-refractivity contribution in [3.63, 3.8) is 0 Å². The second kappa shape index (κ2) is 7.96. The van der Waals surface area contributed by atoms with Gasteiger partial charge in [0.05, 0.1) is 0 Å². The van der Waals surface area contributed by atoms with Crippen LogP contribution in [0.15, 0.2) is 0 Å². The fourth-order valence-electron chi connectivity index (χ4n) is 1.58. The summed E-state index contributed by atoms with van der Waals surface area (Å²) >= 11 is 1.84. The molecule has 4 heteroatoms. The predicted molar refractivity (Wildman–Crippen MR) is 72.7 cm³/mol. The molecule has 96 valence electrons. The first-order chi connectivity index (χ1) is 7.53. The van der Waals surface area contributed by atoms with Gasteiger partial charge >= 0.3 is 0 Å². The molecule has 0 aliphatic carbocycles. The number of hydrogen-bond donors (Lipinski definition) is 2. The lowest BCUT2D eigenvalue weighted by Crippen LogP contribution is -2.41. The number of rotatable bonds is 8. The minimum atomic E-state index is -0.00747. The average Bonchev–Trinajstić information content (AvgIpc) is 2.31. The van der Waals surface area contributed by atoms with Crippen molar-refractivity contribution in [2.45, 2.75) is 57.2 Å². The van der Waals surface area contributed by atoms with E-state index in [1.54, 1.807) is 0 Å². The van der Waals surface area contributed by atoms with Crippen LogP contribution >= 0.6 is 11.8 Å². The van der Waals surface area contributed by atoms with Crippen molar-refractivity contribution in [2.24, 2.45) is 5.73 Å². The molecular formula is C12H26N2OS. The van der Waals surface area contributed by atoms with Crippen molar-refractivity contribution >= 4 is 17.7 Å². The molecule has 0 rings (SSSR count). The fraction of sp³-hybridized carbons (Fsp3) is 0.917. The Bertz CT molecular complexity index is 197. The van der Waals surface area contributed by atoms with Gasteiger partial charge in [-0.25, -0.2) is 0 Å². The molecule has 0 aromatic heterocycles. The van der Waals surface area contributed by atoms with Crippen LogP contribution in [-0.4, -0.2) is 29.5 Å². The molecule has 0 aliphatic rings. The van der Waals surface area contributed by atoms with E-state index in [4.69, 9.17) is 5.73 Å². The monoisotopic (exact) mass is 246 g/mol. The van der Waals surface area contributed by atoms with Crippen molar-refractivity contribution in [3.8, 4) is 0 Å². The SMILES string of the molecule is CCC(N)CC(=O)NCC(CC)(CC)SC. The Hall–Kier alpha value is -0.220. The van der Waals surface area contributed by atoms with Crippen LogP contribution < -0.4 is 11.1 Å². The second-order valence-corrected chi connectivity index (χ2v) is 5.52. The molecule has 0 spiro atoms. The average molecular weight is 246 g/mol. The van der Waals surface area contributed by atoms with E-state index in [0.717, 1.165) is 25.8 Å². The standard InChI is InChI=1S/C12H26N2OS/c1-5-10(13)8-11(15)14-9-12(6-2,7-3)16-4/h10H,5-9,13H2,1-4H3,(H,14,15). The van der Waals surface area contributed by atoms with E-state index in [1.807, 2.05) is 18.7 Å². The highest BCUT2D eigenvalue weighted by atomic mass is 32.2. The Morgan fingerprint density at radius 1 is 1.38 bits per heavy atom. The third kappa shape index (κ3) is 5.21. The number of nitrogens with two attached hydrogens (primary N) is 1. The molecule has 0 aliphatic heterocycles. The zero-order chi connectivity index (χ0) is 12.6. The first kappa shape index (κ1) is 15.8. The van der Waals surface area contributed by atoms with Gasteiger partial charge in [0.1, 0.15) is 0 Å². The number of carbonyl (C=O) groups is 1. The van der Waals surface area contributed by atoms with Gasteiger partial charge in [0.2, 0.25) is 5.91 Å². The van der Waals surface area contributed by atoms with Gasteiger partial charge in [0.25, 0.3) is 0 Å². The van der Waals surface area contributed by atoms with E-state index in [2.05, 4.69) is 25.4 Å². The highest BCUT2D eigenvalue weighted by molar-refractivity contribution is 8.00. The predicted octanol–water partition coefficient (Wildman–Crippen LogP) is 2.15. The van der Waals surface area contributed by atoms with Gasteiger partial charge in [-0.2, -0.15) is 11.8 Å². The molecule has 3 nitrogen and oxygen atoms in total. The Labute approximate surface area is 104 Å². The van der Waals surface area contributed by atoms with Crippen LogP contribution in [0.3, 0.4) is 0 Å². The van der Waals surface area contributed by atoms with E-state index in [-0.39, 0.29) is 16.7 Å². The maximum atomic E-state index is 11.6. The largest absolute Gasteiger partial charge is 0.355 e. The zero-order valence-corrected chi connectivity index (χ0v) is 11.8. The molecule has 0 saturated heterocycles. The van der Waals surface area contributed by atoms with Gasteiger partial charge in [0.15, 0.2) is 0 Å². The van der Waals surface area contributed by atoms with Crippen molar-refractivity contribution in [3.05, 3.63) is 0 Å². The Morgan fingerprint density at radius 3 is 2.31 bits per heavy atom. The minimum Gasteiger partial charge on any atom is -0.355 e. The van der Waals surface area contributed by atoms with Crippen LogP contribution in [0.5, 0.6) is 0 Å². The summed E-state index contributed by atoms with van der Waals surface area (Å²) in [5.41, 5.74) is 5.74. The normalized spacial score (nSPS) is 13.6. The number of hydrogen-bond acceptors (Lipinski definition) is 3. The molecule has 1 unspecified atom stereocenters. The Balaban J connectivity index is 4.06. The molecule has 16 heavy (non-hydrogen) atoms. The zero-order valence-electron chi connectivity index (χ0n) is 11.0. The molecular weight excluding hydrogens is 220 g/mol. The van der Waals surface area contributed by atoms with Gasteiger partial charge < -0.3 is 11.1 Å². The molecule has 0 heterocycles. The summed E-state index contributed by atoms with van der Waals surface area (Å²) < 4.78 is 0.186. The fourth-order valence-corrected chi connectivity index (χ4v) is 2.37. The highest BCUT2D eigenvalue weighted by Crippen LogP contribution is 2.29. The van der Waals surface area contributed by atoms with Crippen LogP contribution in [0.25, 0.3) is 0 Å². The summed E-state index contributed by atoms with van der Waals surface area (Å²) in [7, 11) is 0. The van der Waals surface area contributed by atoms with Crippen LogP contribution in [0.1, 0.15) is 46.5 Å². The molecule has 0 saturated carbocycles. The van der Waals surface area contributed by atoms with Crippen molar-refractivity contribution < 1.29 is 4.79 Å². The lowest BCUT2D eigenvalue weighted by Gasteiger charge is -2.30.